The molecule has 0 radical (unpaired) electrons. The predicted molar refractivity (Wildman–Crippen MR) is 94.2 cm³/mol. The molecule has 0 aliphatic rings. The fourth-order valence-electron chi connectivity index (χ4n) is 1.86. The van der Waals surface area contributed by atoms with Crippen molar-refractivity contribution >= 4 is 50.7 Å². The van der Waals surface area contributed by atoms with Crippen LogP contribution in [0.15, 0.2) is 65.3 Å². The van der Waals surface area contributed by atoms with Gasteiger partial charge in [0.2, 0.25) is 5.95 Å². The van der Waals surface area contributed by atoms with Crippen LogP contribution in [-0.4, -0.2) is 9.97 Å². The summed E-state index contributed by atoms with van der Waals surface area (Å²) in [6.07, 6.45) is 1.70. The fourth-order valence-corrected chi connectivity index (χ4v) is 2.39. The van der Waals surface area contributed by atoms with E-state index in [4.69, 9.17) is 11.6 Å². The average Bonchev–Trinajstić information content (AvgIpc) is 2.50. The Hall–Kier alpha value is -2.11. The maximum Gasteiger partial charge on any atom is 0.229 e. The van der Waals surface area contributed by atoms with Gasteiger partial charge in [-0.05, 0) is 48.5 Å². The molecular weight excluding hydrogens is 364 g/mol. The molecule has 1 heterocycles. The predicted octanol–water partition coefficient (Wildman–Crippen LogP) is 5.38. The molecule has 0 aliphatic heterocycles. The van der Waals surface area contributed by atoms with E-state index in [0.29, 0.717) is 16.8 Å². The fraction of sp³-hybridized carbons (Fsp3) is 0. The minimum Gasteiger partial charge on any atom is -0.340 e. The van der Waals surface area contributed by atoms with E-state index in [2.05, 4.69) is 36.5 Å². The van der Waals surface area contributed by atoms with E-state index in [9.17, 15) is 0 Å². The zero-order chi connectivity index (χ0) is 15.4. The molecular formula is C16H12BrClN4. The Balaban J connectivity index is 1.76. The Labute approximate surface area is 141 Å². The highest BCUT2D eigenvalue weighted by Crippen LogP contribution is 2.21. The van der Waals surface area contributed by atoms with Crippen LogP contribution in [-0.2, 0) is 0 Å². The van der Waals surface area contributed by atoms with Gasteiger partial charge in [-0.3, -0.25) is 0 Å². The topological polar surface area (TPSA) is 49.8 Å². The second kappa shape index (κ2) is 6.77. The van der Waals surface area contributed by atoms with Crippen LogP contribution in [0.1, 0.15) is 0 Å². The van der Waals surface area contributed by atoms with Crippen LogP contribution in [0.3, 0.4) is 0 Å². The van der Waals surface area contributed by atoms with Gasteiger partial charge in [0.25, 0.3) is 0 Å². The molecule has 3 rings (SSSR count). The molecule has 0 unspecified atom stereocenters. The van der Waals surface area contributed by atoms with Crippen LogP contribution in [0, 0.1) is 0 Å². The molecule has 0 aliphatic carbocycles. The molecule has 110 valence electrons. The van der Waals surface area contributed by atoms with Gasteiger partial charge in [-0.2, -0.15) is 4.98 Å². The van der Waals surface area contributed by atoms with Crippen LogP contribution in [0.4, 0.5) is 23.1 Å². The maximum atomic E-state index is 5.88. The SMILES string of the molecule is Clc1ccc(Nc2ccnc(Nc3cccc(Br)c3)n2)cc1. The van der Waals surface area contributed by atoms with Crippen molar-refractivity contribution < 1.29 is 0 Å². The lowest BCUT2D eigenvalue weighted by Crippen LogP contribution is -2.00. The van der Waals surface area contributed by atoms with Crippen molar-refractivity contribution in [3.63, 3.8) is 0 Å². The maximum absolute atomic E-state index is 5.88. The van der Waals surface area contributed by atoms with E-state index < -0.39 is 0 Å². The number of aromatic nitrogens is 2. The lowest BCUT2D eigenvalue weighted by atomic mass is 10.3. The average molecular weight is 376 g/mol. The van der Waals surface area contributed by atoms with Crippen molar-refractivity contribution in [2.75, 3.05) is 10.6 Å². The summed E-state index contributed by atoms with van der Waals surface area (Å²) < 4.78 is 0.993. The van der Waals surface area contributed by atoms with Crippen LogP contribution in [0.2, 0.25) is 5.02 Å². The van der Waals surface area contributed by atoms with Gasteiger partial charge >= 0.3 is 0 Å². The highest BCUT2D eigenvalue weighted by Gasteiger charge is 2.01. The quantitative estimate of drug-likeness (QED) is 0.643. The number of halogens is 2. The number of benzene rings is 2. The second-order valence-electron chi connectivity index (χ2n) is 4.53. The summed E-state index contributed by atoms with van der Waals surface area (Å²) in [5.41, 5.74) is 1.83. The van der Waals surface area contributed by atoms with Gasteiger partial charge in [0.05, 0.1) is 0 Å². The van der Waals surface area contributed by atoms with Crippen LogP contribution in [0.5, 0.6) is 0 Å². The molecule has 1 aromatic heterocycles. The summed E-state index contributed by atoms with van der Waals surface area (Å²) in [6.45, 7) is 0. The van der Waals surface area contributed by atoms with Gasteiger partial charge in [-0.25, -0.2) is 4.98 Å². The van der Waals surface area contributed by atoms with E-state index >= 15 is 0 Å². The summed E-state index contributed by atoms with van der Waals surface area (Å²) in [5, 5.41) is 7.08. The molecule has 0 amide bonds. The first-order valence-corrected chi connectivity index (χ1v) is 7.74. The van der Waals surface area contributed by atoms with Gasteiger partial charge in [-0.1, -0.05) is 33.6 Å². The minimum atomic E-state index is 0.525. The summed E-state index contributed by atoms with van der Waals surface area (Å²) in [6, 6.07) is 17.1. The monoisotopic (exact) mass is 374 g/mol. The number of hydrogen-bond acceptors (Lipinski definition) is 4. The van der Waals surface area contributed by atoms with Crippen molar-refractivity contribution in [1.29, 1.82) is 0 Å². The van der Waals surface area contributed by atoms with Crippen molar-refractivity contribution in [2.24, 2.45) is 0 Å². The Bertz CT molecular complexity index is 777. The zero-order valence-corrected chi connectivity index (χ0v) is 13.8. The molecule has 0 saturated heterocycles. The number of hydrogen-bond donors (Lipinski definition) is 2. The zero-order valence-electron chi connectivity index (χ0n) is 11.4. The van der Waals surface area contributed by atoms with E-state index in [1.54, 1.807) is 12.3 Å². The lowest BCUT2D eigenvalue weighted by Gasteiger charge is -2.08. The molecule has 22 heavy (non-hydrogen) atoms. The summed E-state index contributed by atoms with van der Waals surface area (Å²) in [4.78, 5) is 8.66. The lowest BCUT2D eigenvalue weighted by molar-refractivity contribution is 1.16. The highest BCUT2D eigenvalue weighted by molar-refractivity contribution is 9.10. The molecule has 2 aromatic carbocycles. The third-order valence-corrected chi connectivity index (χ3v) is 3.60. The van der Waals surface area contributed by atoms with Crippen LogP contribution < -0.4 is 10.6 Å². The van der Waals surface area contributed by atoms with Crippen molar-refractivity contribution in [3.8, 4) is 0 Å². The van der Waals surface area contributed by atoms with Gasteiger partial charge in [0, 0.05) is 27.1 Å². The third kappa shape index (κ3) is 3.96. The normalized spacial score (nSPS) is 10.3. The first-order valence-electron chi connectivity index (χ1n) is 6.57. The molecule has 0 fully saturated rings. The molecule has 0 atom stereocenters. The summed E-state index contributed by atoms with van der Waals surface area (Å²) >= 11 is 9.31. The summed E-state index contributed by atoms with van der Waals surface area (Å²) in [5.74, 6) is 1.23. The standard InChI is InChI=1S/C16H12BrClN4/c17-11-2-1-3-14(10-11)21-16-19-9-8-15(22-16)20-13-6-4-12(18)5-7-13/h1-10H,(H2,19,20,21,22). The van der Waals surface area contributed by atoms with Crippen LogP contribution >= 0.6 is 27.5 Å². The molecule has 6 heteroatoms. The Kier molecular flexibility index (Phi) is 4.56. The van der Waals surface area contributed by atoms with E-state index in [1.807, 2.05) is 48.5 Å². The van der Waals surface area contributed by atoms with Gasteiger partial charge in [0.1, 0.15) is 5.82 Å². The Morgan fingerprint density at radius 2 is 1.73 bits per heavy atom. The number of nitrogens with zero attached hydrogens (tertiary/aromatic N) is 2. The molecule has 4 nitrogen and oxygen atoms in total. The minimum absolute atomic E-state index is 0.525. The van der Waals surface area contributed by atoms with E-state index in [0.717, 1.165) is 15.8 Å². The largest absolute Gasteiger partial charge is 0.340 e. The van der Waals surface area contributed by atoms with E-state index in [1.165, 1.54) is 0 Å². The van der Waals surface area contributed by atoms with Crippen molar-refractivity contribution in [2.45, 2.75) is 0 Å². The second-order valence-corrected chi connectivity index (χ2v) is 5.88. The van der Waals surface area contributed by atoms with Crippen LogP contribution in [0.25, 0.3) is 0 Å². The molecule has 0 bridgehead atoms. The van der Waals surface area contributed by atoms with Crippen molar-refractivity contribution in [3.05, 3.63) is 70.3 Å². The number of rotatable bonds is 4. The van der Waals surface area contributed by atoms with Gasteiger partial charge in [0.15, 0.2) is 0 Å². The number of nitrogens with one attached hydrogen (secondary N) is 2. The highest BCUT2D eigenvalue weighted by atomic mass is 79.9. The molecule has 3 aromatic rings. The smallest absolute Gasteiger partial charge is 0.229 e. The third-order valence-electron chi connectivity index (χ3n) is 2.85. The molecule has 2 N–H and O–H groups in total. The Morgan fingerprint density at radius 3 is 2.50 bits per heavy atom. The molecule has 0 saturated carbocycles. The number of anilines is 4. The molecule has 0 spiro atoms. The summed E-state index contributed by atoms with van der Waals surface area (Å²) in [7, 11) is 0. The first-order chi connectivity index (χ1) is 10.7. The van der Waals surface area contributed by atoms with Gasteiger partial charge < -0.3 is 10.6 Å². The van der Waals surface area contributed by atoms with E-state index in [-0.39, 0.29) is 0 Å². The Morgan fingerprint density at radius 1 is 0.909 bits per heavy atom. The van der Waals surface area contributed by atoms with Gasteiger partial charge in [-0.15, -0.1) is 0 Å². The first kappa shape index (κ1) is 14.8. The van der Waals surface area contributed by atoms with Crippen molar-refractivity contribution in [1.82, 2.24) is 9.97 Å².